The molecule has 0 aliphatic carbocycles. The van der Waals surface area contributed by atoms with E-state index in [-0.39, 0.29) is 5.97 Å². The minimum absolute atomic E-state index is 0.301. The van der Waals surface area contributed by atoms with Crippen LogP contribution in [0, 0.1) is 7.14 Å². The number of hydrogen-bond acceptors (Lipinski definition) is 2. The molecule has 0 aliphatic rings. The van der Waals surface area contributed by atoms with Gasteiger partial charge in [-0.15, -0.1) is 0 Å². The number of aromatic amines is 1. The van der Waals surface area contributed by atoms with Crippen molar-refractivity contribution in [3.63, 3.8) is 0 Å². The van der Waals surface area contributed by atoms with Crippen LogP contribution in [0.5, 0.6) is 5.75 Å². The predicted molar refractivity (Wildman–Crippen MR) is 75.0 cm³/mol. The lowest BCUT2D eigenvalue weighted by Gasteiger charge is -2.00. The van der Waals surface area contributed by atoms with Crippen molar-refractivity contribution in [3.05, 3.63) is 25.5 Å². The Labute approximate surface area is 114 Å². The molecule has 0 bridgehead atoms. The zero-order valence-electron chi connectivity index (χ0n) is 7.80. The summed E-state index contributed by atoms with van der Waals surface area (Å²) in [4.78, 5) is 14.0. The van der Waals surface area contributed by atoms with Gasteiger partial charge in [-0.05, 0) is 57.3 Å². The second kappa shape index (κ2) is 4.28. The molecule has 0 saturated heterocycles. The molecule has 1 aromatic carbocycles. The summed E-state index contributed by atoms with van der Waals surface area (Å²) in [6, 6.07) is 4.06. The molecule has 0 aliphatic heterocycles. The van der Waals surface area contributed by atoms with Crippen LogP contribution in [0.1, 0.15) is 6.92 Å². The maximum Gasteiger partial charge on any atom is 0.308 e. The largest absolute Gasteiger partial charge is 0.424 e. The lowest BCUT2D eigenvalue weighted by molar-refractivity contribution is -0.131. The van der Waals surface area contributed by atoms with Gasteiger partial charge < -0.3 is 9.72 Å². The Morgan fingerprint density at radius 1 is 1.40 bits per heavy atom. The second-order valence-electron chi connectivity index (χ2n) is 3.06. The number of esters is 1. The smallest absolute Gasteiger partial charge is 0.308 e. The Morgan fingerprint density at radius 3 is 2.80 bits per heavy atom. The maximum absolute atomic E-state index is 10.9. The number of rotatable bonds is 1. The number of aromatic nitrogens is 1. The number of nitrogens with one attached hydrogen (secondary N) is 1. The molecule has 5 heteroatoms. The van der Waals surface area contributed by atoms with Crippen molar-refractivity contribution in [3.8, 4) is 5.75 Å². The predicted octanol–water partition coefficient (Wildman–Crippen LogP) is 3.30. The molecule has 2 aromatic rings. The second-order valence-corrected chi connectivity index (χ2v) is 5.46. The number of H-pyrrole nitrogens is 1. The summed E-state index contributed by atoms with van der Waals surface area (Å²) in [7, 11) is 0. The highest BCUT2D eigenvalue weighted by atomic mass is 127. The molecule has 0 unspecified atom stereocenters. The van der Waals surface area contributed by atoms with Crippen LogP contribution in [0.2, 0.25) is 0 Å². The lowest BCUT2D eigenvalue weighted by Crippen LogP contribution is -2.00. The molecule has 0 fully saturated rings. The molecule has 2 rings (SSSR count). The van der Waals surface area contributed by atoms with Gasteiger partial charge in [-0.2, -0.15) is 0 Å². The first-order chi connectivity index (χ1) is 7.08. The van der Waals surface area contributed by atoms with Crippen LogP contribution in [0.4, 0.5) is 0 Å². The van der Waals surface area contributed by atoms with E-state index in [0.717, 1.165) is 18.0 Å². The number of carbonyl (C=O) groups excluding carboxylic acids is 1. The summed E-state index contributed by atoms with van der Waals surface area (Å²) in [6.07, 6.45) is 1.71. The van der Waals surface area contributed by atoms with Crippen LogP contribution < -0.4 is 4.74 Å². The van der Waals surface area contributed by atoms with Crippen molar-refractivity contribution >= 4 is 62.1 Å². The van der Waals surface area contributed by atoms with Gasteiger partial charge in [-0.25, -0.2) is 0 Å². The average Bonchev–Trinajstić information content (AvgIpc) is 2.48. The van der Waals surface area contributed by atoms with E-state index in [4.69, 9.17) is 4.74 Å². The van der Waals surface area contributed by atoms with Crippen molar-refractivity contribution in [2.75, 3.05) is 0 Å². The van der Waals surface area contributed by atoms with E-state index < -0.39 is 0 Å². The fraction of sp³-hybridized carbons (Fsp3) is 0.100. The van der Waals surface area contributed by atoms with Gasteiger partial charge in [0, 0.05) is 25.6 Å². The number of benzene rings is 1. The standard InChI is InChI=1S/C10H7I2NO2/c1-5(14)15-9-4-13-10-7(9)2-6(11)3-8(10)12/h2-4,13H,1H3. The summed E-state index contributed by atoms with van der Waals surface area (Å²) in [5.74, 6) is 0.290. The topological polar surface area (TPSA) is 42.1 Å². The molecule has 78 valence electrons. The van der Waals surface area contributed by atoms with Gasteiger partial charge in [-0.3, -0.25) is 4.79 Å². The van der Waals surface area contributed by atoms with E-state index in [1.54, 1.807) is 6.20 Å². The van der Waals surface area contributed by atoms with Gasteiger partial charge in [-0.1, -0.05) is 0 Å². The molecule has 1 N–H and O–H groups in total. The fourth-order valence-electron chi connectivity index (χ4n) is 1.37. The van der Waals surface area contributed by atoms with Crippen LogP contribution in [-0.2, 0) is 4.79 Å². The molecule has 0 atom stereocenters. The van der Waals surface area contributed by atoms with Gasteiger partial charge in [0.05, 0.1) is 5.52 Å². The lowest BCUT2D eigenvalue weighted by atomic mass is 10.2. The van der Waals surface area contributed by atoms with Crippen LogP contribution >= 0.6 is 45.2 Å². The minimum atomic E-state index is -0.301. The third-order valence-corrected chi connectivity index (χ3v) is 3.40. The minimum Gasteiger partial charge on any atom is -0.424 e. The van der Waals surface area contributed by atoms with Crippen molar-refractivity contribution in [1.82, 2.24) is 4.98 Å². The number of carbonyl (C=O) groups is 1. The van der Waals surface area contributed by atoms with Gasteiger partial charge in [0.25, 0.3) is 0 Å². The van der Waals surface area contributed by atoms with E-state index in [2.05, 4.69) is 56.2 Å². The van der Waals surface area contributed by atoms with Crippen LogP contribution in [0.15, 0.2) is 18.3 Å². The first kappa shape index (κ1) is 11.2. The van der Waals surface area contributed by atoms with E-state index in [1.165, 1.54) is 6.92 Å². The zero-order chi connectivity index (χ0) is 11.0. The quantitative estimate of drug-likeness (QED) is 0.561. The summed E-state index contributed by atoms with van der Waals surface area (Å²) >= 11 is 4.50. The van der Waals surface area contributed by atoms with E-state index in [0.29, 0.717) is 5.75 Å². The highest BCUT2D eigenvalue weighted by Crippen LogP contribution is 2.30. The van der Waals surface area contributed by atoms with Gasteiger partial charge in [0.1, 0.15) is 0 Å². The van der Waals surface area contributed by atoms with Crippen molar-refractivity contribution in [1.29, 1.82) is 0 Å². The Balaban J connectivity index is 2.63. The van der Waals surface area contributed by atoms with Gasteiger partial charge >= 0.3 is 5.97 Å². The van der Waals surface area contributed by atoms with Crippen molar-refractivity contribution in [2.24, 2.45) is 0 Å². The molecule has 0 spiro atoms. The summed E-state index contributed by atoms with van der Waals surface area (Å²) < 4.78 is 7.34. The molecular weight excluding hydrogens is 420 g/mol. The first-order valence-electron chi connectivity index (χ1n) is 4.22. The number of hydrogen-bond donors (Lipinski definition) is 1. The third-order valence-electron chi connectivity index (χ3n) is 1.92. The Bertz CT molecular complexity index is 533. The summed E-state index contributed by atoms with van der Waals surface area (Å²) in [6.45, 7) is 1.40. The average molecular weight is 427 g/mol. The normalized spacial score (nSPS) is 10.6. The van der Waals surface area contributed by atoms with Gasteiger partial charge in [0.15, 0.2) is 5.75 Å². The monoisotopic (exact) mass is 427 g/mol. The zero-order valence-corrected chi connectivity index (χ0v) is 12.1. The number of ether oxygens (including phenoxy) is 1. The summed E-state index contributed by atoms with van der Waals surface area (Å²) in [5, 5.41) is 0.946. The van der Waals surface area contributed by atoms with Gasteiger partial charge in [0.2, 0.25) is 0 Å². The molecule has 0 saturated carbocycles. The number of fused-ring (bicyclic) bond motifs is 1. The van der Waals surface area contributed by atoms with Crippen molar-refractivity contribution in [2.45, 2.75) is 6.92 Å². The molecular formula is C10H7I2NO2. The van der Waals surface area contributed by atoms with Crippen LogP contribution in [-0.4, -0.2) is 11.0 Å². The highest BCUT2D eigenvalue weighted by Gasteiger charge is 2.10. The molecule has 0 amide bonds. The highest BCUT2D eigenvalue weighted by molar-refractivity contribution is 14.1. The molecule has 3 nitrogen and oxygen atoms in total. The molecule has 1 aromatic heterocycles. The maximum atomic E-state index is 10.9. The van der Waals surface area contributed by atoms with Crippen LogP contribution in [0.25, 0.3) is 10.9 Å². The van der Waals surface area contributed by atoms with Crippen molar-refractivity contribution < 1.29 is 9.53 Å². The molecule has 15 heavy (non-hydrogen) atoms. The van der Waals surface area contributed by atoms with E-state index in [9.17, 15) is 4.79 Å². The Kier molecular flexibility index (Phi) is 3.19. The Morgan fingerprint density at radius 2 is 2.13 bits per heavy atom. The van der Waals surface area contributed by atoms with E-state index >= 15 is 0 Å². The summed E-state index contributed by atoms with van der Waals surface area (Å²) in [5.41, 5.74) is 1.01. The fourth-order valence-corrected chi connectivity index (χ4v) is 3.37. The van der Waals surface area contributed by atoms with E-state index in [1.807, 2.05) is 6.07 Å². The van der Waals surface area contributed by atoms with Crippen LogP contribution in [0.3, 0.4) is 0 Å². The first-order valence-corrected chi connectivity index (χ1v) is 6.38. The number of halogens is 2. The SMILES string of the molecule is CC(=O)Oc1c[nH]c2c(I)cc(I)cc12. The molecule has 0 radical (unpaired) electrons. The Hall–Kier alpha value is -0.310. The third kappa shape index (κ3) is 2.27. The molecule has 1 heterocycles.